The molecule has 0 bridgehead atoms. The molecule has 0 unspecified atom stereocenters. The Hall–Kier alpha value is -1.58. The topological polar surface area (TPSA) is 55.0 Å². The summed E-state index contributed by atoms with van der Waals surface area (Å²) in [6.07, 6.45) is 4.92. The van der Waals surface area contributed by atoms with Crippen LogP contribution in [0, 0.1) is 5.41 Å². The van der Waals surface area contributed by atoms with Gasteiger partial charge in [0.15, 0.2) is 0 Å². The third-order valence-electron chi connectivity index (χ3n) is 3.17. The van der Waals surface area contributed by atoms with E-state index in [0.29, 0.717) is 5.82 Å². The van der Waals surface area contributed by atoms with E-state index in [-0.39, 0.29) is 5.41 Å². The fraction of sp³-hybridized carbons (Fsp3) is 0.538. The van der Waals surface area contributed by atoms with Crippen LogP contribution in [0.5, 0.6) is 0 Å². The summed E-state index contributed by atoms with van der Waals surface area (Å²) in [4.78, 5) is 10.4. The first-order valence-corrected chi connectivity index (χ1v) is 5.99. The lowest BCUT2D eigenvalue weighted by Gasteiger charge is -2.32. The van der Waals surface area contributed by atoms with E-state index in [9.17, 15) is 0 Å². The first-order chi connectivity index (χ1) is 7.97. The second-order valence-electron chi connectivity index (χ2n) is 5.48. The summed E-state index contributed by atoms with van der Waals surface area (Å²) >= 11 is 0. The van der Waals surface area contributed by atoms with Crippen molar-refractivity contribution in [2.45, 2.75) is 27.2 Å². The minimum absolute atomic E-state index is 0.275. The van der Waals surface area contributed by atoms with Crippen LogP contribution < -0.4 is 10.6 Å². The van der Waals surface area contributed by atoms with Crippen LogP contribution in [-0.2, 0) is 0 Å². The molecule has 0 aliphatic carbocycles. The number of hydrogen-bond acceptors (Lipinski definition) is 4. The lowest BCUT2D eigenvalue weighted by molar-refractivity contribution is 0.472. The number of nitrogens with zero attached hydrogens (tertiary/aromatic N) is 3. The molecule has 4 nitrogen and oxygen atoms in total. The predicted octanol–water partition coefficient (Wildman–Crippen LogP) is 2.24. The highest BCUT2D eigenvalue weighted by atomic mass is 15.2. The molecule has 0 saturated carbocycles. The van der Waals surface area contributed by atoms with Crippen LogP contribution in [0.3, 0.4) is 0 Å². The molecule has 4 heteroatoms. The van der Waals surface area contributed by atoms with Crippen molar-refractivity contribution in [2.75, 3.05) is 23.7 Å². The normalized spacial score (nSPS) is 16.9. The molecule has 0 spiro atoms. The van der Waals surface area contributed by atoms with Crippen LogP contribution in [0.15, 0.2) is 24.0 Å². The Kier molecular flexibility index (Phi) is 3.05. The van der Waals surface area contributed by atoms with Crippen LogP contribution >= 0.6 is 0 Å². The zero-order valence-corrected chi connectivity index (χ0v) is 10.8. The Morgan fingerprint density at radius 1 is 1.29 bits per heavy atom. The molecule has 2 heterocycles. The van der Waals surface area contributed by atoms with E-state index in [2.05, 4.69) is 41.7 Å². The van der Waals surface area contributed by atoms with Crippen molar-refractivity contribution in [3.8, 4) is 0 Å². The standard InChI is InChI=1S/C13H20N4/c1-13(2,3)10-4-6-17(7-5-10)12-8-11(14)15-9-16-12/h4,8-9H,5-7H2,1-3H3,(H2,14,15,16). The van der Waals surface area contributed by atoms with Gasteiger partial charge in [0, 0.05) is 19.2 Å². The van der Waals surface area contributed by atoms with E-state index < -0.39 is 0 Å². The zero-order valence-electron chi connectivity index (χ0n) is 10.8. The minimum atomic E-state index is 0.275. The van der Waals surface area contributed by atoms with Crippen LogP contribution in [0.1, 0.15) is 27.2 Å². The fourth-order valence-corrected chi connectivity index (χ4v) is 2.09. The molecule has 0 aromatic carbocycles. The van der Waals surface area contributed by atoms with Gasteiger partial charge in [-0.25, -0.2) is 9.97 Å². The number of nitrogens with two attached hydrogens (primary N) is 1. The molecule has 1 aromatic rings. The number of rotatable bonds is 1. The zero-order chi connectivity index (χ0) is 12.5. The lowest BCUT2D eigenvalue weighted by atomic mass is 9.83. The Bertz CT molecular complexity index is 431. The van der Waals surface area contributed by atoms with E-state index in [4.69, 9.17) is 5.73 Å². The van der Waals surface area contributed by atoms with Gasteiger partial charge in [-0.2, -0.15) is 0 Å². The molecule has 1 aromatic heterocycles. The predicted molar refractivity (Wildman–Crippen MR) is 70.8 cm³/mol. The van der Waals surface area contributed by atoms with Crippen molar-refractivity contribution in [3.05, 3.63) is 24.0 Å². The smallest absolute Gasteiger partial charge is 0.134 e. The molecule has 1 aliphatic heterocycles. The average molecular weight is 232 g/mol. The Morgan fingerprint density at radius 2 is 2.06 bits per heavy atom. The molecular formula is C13H20N4. The first-order valence-electron chi connectivity index (χ1n) is 5.99. The molecule has 0 fully saturated rings. The number of nitrogen functional groups attached to an aromatic ring is 1. The summed E-state index contributed by atoms with van der Waals surface area (Å²) in [5.41, 5.74) is 7.47. The second kappa shape index (κ2) is 4.35. The van der Waals surface area contributed by atoms with Crippen molar-refractivity contribution < 1.29 is 0 Å². The van der Waals surface area contributed by atoms with Gasteiger partial charge >= 0.3 is 0 Å². The van der Waals surface area contributed by atoms with E-state index in [1.54, 1.807) is 0 Å². The van der Waals surface area contributed by atoms with E-state index in [0.717, 1.165) is 25.3 Å². The maximum Gasteiger partial charge on any atom is 0.134 e. The van der Waals surface area contributed by atoms with Crippen molar-refractivity contribution in [2.24, 2.45) is 5.41 Å². The average Bonchev–Trinajstić information content (AvgIpc) is 2.28. The molecule has 1 aliphatic rings. The highest BCUT2D eigenvalue weighted by Crippen LogP contribution is 2.31. The SMILES string of the molecule is CC(C)(C)C1=CCN(c2cc(N)ncn2)CC1. The number of anilines is 2. The summed E-state index contributed by atoms with van der Waals surface area (Å²) in [7, 11) is 0. The molecule has 2 rings (SSSR count). The largest absolute Gasteiger partial charge is 0.384 e. The Balaban J connectivity index is 2.12. The number of aromatic nitrogens is 2. The maximum absolute atomic E-state index is 5.67. The molecule has 0 radical (unpaired) electrons. The highest BCUT2D eigenvalue weighted by Gasteiger charge is 2.21. The van der Waals surface area contributed by atoms with Gasteiger partial charge in [-0.1, -0.05) is 32.4 Å². The molecule has 2 N–H and O–H groups in total. The second-order valence-corrected chi connectivity index (χ2v) is 5.48. The van der Waals surface area contributed by atoms with Crippen LogP contribution in [0.2, 0.25) is 0 Å². The molecular weight excluding hydrogens is 212 g/mol. The maximum atomic E-state index is 5.67. The third kappa shape index (κ3) is 2.75. The van der Waals surface area contributed by atoms with Crippen molar-refractivity contribution in [3.63, 3.8) is 0 Å². The minimum Gasteiger partial charge on any atom is -0.384 e. The molecule has 17 heavy (non-hydrogen) atoms. The molecule has 0 saturated heterocycles. The van der Waals surface area contributed by atoms with Gasteiger partial charge in [-0.15, -0.1) is 0 Å². The van der Waals surface area contributed by atoms with Gasteiger partial charge in [-0.3, -0.25) is 0 Å². The van der Waals surface area contributed by atoms with Gasteiger partial charge in [0.2, 0.25) is 0 Å². The lowest BCUT2D eigenvalue weighted by Crippen LogP contribution is -2.31. The summed E-state index contributed by atoms with van der Waals surface area (Å²) in [6.45, 7) is 8.69. The molecule has 92 valence electrons. The van der Waals surface area contributed by atoms with Crippen LogP contribution in [-0.4, -0.2) is 23.1 Å². The Labute approximate surface area is 103 Å². The van der Waals surface area contributed by atoms with Crippen molar-refractivity contribution in [1.82, 2.24) is 9.97 Å². The summed E-state index contributed by atoms with van der Waals surface area (Å²) in [5.74, 6) is 1.45. The monoisotopic (exact) mass is 232 g/mol. The van der Waals surface area contributed by atoms with E-state index in [1.807, 2.05) is 6.07 Å². The summed E-state index contributed by atoms with van der Waals surface area (Å²) in [6, 6.07) is 1.83. The van der Waals surface area contributed by atoms with Gasteiger partial charge in [-0.05, 0) is 11.8 Å². The number of hydrogen-bond donors (Lipinski definition) is 1. The van der Waals surface area contributed by atoms with Crippen molar-refractivity contribution in [1.29, 1.82) is 0 Å². The summed E-state index contributed by atoms with van der Waals surface area (Å²) < 4.78 is 0. The van der Waals surface area contributed by atoms with Gasteiger partial charge in [0.1, 0.15) is 18.0 Å². The summed E-state index contributed by atoms with van der Waals surface area (Å²) in [5, 5.41) is 0. The first kappa shape index (κ1) is 11.9. The molecule has 0 amide bonds. The third-order valence-corrected chi connectivity index (χ3v) is 3.17. The van der Waals surface area contributed by atoms with Crippen LogP contribution in [0.4, 0.5) is 11.6 Å². The Morgan fingerprint density at radius 3 is 2.59 bits per heavy atom. The van der Waals surface area contributed by atoms with E-state index in [1.165, 1.54) is 11.9 Å². The van der Waals surface area contributed by atoms with Gasteiger partial charge in [0.05, 0.1) is 0 Å². The van der Waals surface area contributed by atoms with Gasteiger partial charge in [0.25, 0.3) is 0 Å². The quantitative estimate of drug-likeness (QED) is 0.754. The van der Waals surface area contributed by atoms with Gasteiger partial charge < -0.3 is 10.6 Å². The molecule has 0 atom stereocenters. The van der Waals surface area contributed by atoms with Crippen molar-refractivity contribution >= 4 is 11.6 Å². The highest BCUT2D eigenvalue weighted by molar-refractivity contribution is 5.47. The van der Waals surface area contributed by atoms with E-state index >= 15 is 0 Å². The van der Waals surface area contributed by atoms with Crippen LogP contribution in [0.25, 0.3) is 0 Å². The fourth-order valence-electron chi connectivity index (χ4n) is 2.09.